The molecule has 1 amide bonds. The van der Waals surface area contributed by atoms with Crippen LogP contribution in [0.25, 0.3) is 27.2 Å². The molecular formula is C28H22ClN5O4S3. The van der Waals surface area contributed by atoms with Gasteiger partial charge >= 0.3 is 0 Å². The van der Waals surface area contributed by atoms with Gasteiger partial charge in [-0.2, -0.15) is 0 Å². The number of anilines is 1. The zero-order valence-corrected chi connectivity index (χ0v) is 24.8. The minimum absolute atomic E-state index is 0.0334. The van der Waals surface area contributed by atoms with Crippen molar-refractivity contribution in [1.29, 1.82) is 0 Å². The molecule has 6 rings (SSSR count). The molecule has 3 aromatic heterocycles. The van der Waals surface area contributed by atoms with Gasteiger partial charge in [0.1, 0.15) is 4.83 Å². The number of non-ortho nitro benzene ring substituents is 1. The van der Waals surface area contributed by atoms with Gasteiger partial charge in [-0.15, -0.1) is 22.7 Å². The van der Waals surface area contributed by atoms with Crippen molar-refractivity contribution in [3.63, 3.8) is 0 Å². The van der Waals surface area contributed by atoms with E-state index < -0.39 is 10.2 Å². The quantitative estimate of drug-likeness (QED) is 0.0886. The number of aryl methyl sites for hydroxylation is 2. The summed E-state index contributed by atoms with van der Waals surface area (Å²) in [6.07, 6.45) is 3.96. The Morgan fingerprint density at radius 1 is 1.17 bits per heavy atom. The maximum Gasteiger partial charge on any atom is 0.270 e. The number of aromatic nitrogens is 3. The molecule has 0 aliphatic heterocycles. The van der Waals surface area contributed by atoms with E-state index in [0.29, 0.717) is 42.5 Å². The van der Waals surface area contributed by atoms with Gasteiger partial charge in [0.25, 0.3) is 11.2 Å². The lowest BCUT2D eigenvalue weighted by Crippen LogP contribution is -2.26. The molecule has 1 aliphatic carbocycles. The Balaban J connectivity index is 1.29. The van der Waals surface area contributed by atoms with Crippen molar-refractivity contribution in [2.45, 2.75) is 43.0 Å². The second-order valence-corrected chi connectivity index (χ2v) is 13.2. The Morgan fingerprint density at radius 3 is 2.73 bits per heavy atom. The average Bonchev–Trinajstić information content (AvgIpc) is 3.58. The van der Waals surface area contributed by atoms with Gasteiger partial charge in [-0.25, -0.2) is 9.97 Å². The van der Waals surface area contributed by atoms with Crippen LogP contribution in [0.15, 0.2) is 63.9 Å². The molecule has 0 spiro atoms. The van der Waals surface area contributed by atoms with Crippen LogP contribution in [0.3, 0.4) is 0 Å². The number of benzene rings is 2. The summed E-state index contributed by atoms with van der Waals surface area (Å²) >= 11 is 10.1. The van der Waals surface area contributed by atoms with Crippen LogP contribution in [0.2, 0.25) is 5.02 Å². The number of carbonyl (C=O) groups excluding carboxylic acids is 1. The zero-order chi connectivity index (χ0) is 28.7. The molecule has 0 fully saturated rings. The molecule has 0 radical (unpaired) electrons. The topological polar surface area (TPSA) is 120 Å². The molecule has 9 nitrogen and oxygen atoms in total. The van der Waals surface area contributed by atoms with Gasteiger partial charge in [0.05, 0.1) is 26.9 Å². The Morgan fingerprint density at radius 2 is 1.95 bits per heavy atom. The molecule has 41 heavy (non-hydrogen) atoms. The lowest BCUT2D eigenvalue weighted by Gasteiger charge is -2.16. The first-order chi connectivity index (χ1) is 19.8. The third-order valence-electron chi connectivity index (χ3n) is 6.78. The number of thiophene rings is 1. The number of halogens is 1. The Bertz CT molecular complexity index is 1870. The smallest absolute Gasteiger partial charge is 0.270 e. The molecular weight excluding hydrogens is 602 g/mol. The van der Waals surface area contributed by atoms with Crippen LogP contribution in [0.4, 0.5) is 10.8 Å². The molecule has 3 heterocycles. The number of amides is 1. The van der Waals surface area contributed by atoms with Gasteiger partial charge < -0.3 is 5.32 Å². The third kappa shape index (κ3) is 5.52. The summed E-state index contributed by atoms with van der Waals surface area (Å²) in [4.78, 5) is 49.1. The van der Waals surface area contributed by atoms with E-state index >= 15 is 0 Å². The summed E-state index contributed by atoms with van der Waals surface area (Å²) in [6.45, 7) is 1.75. The highest BCUT2D eigenvalue weighted by atomic mass is 35.5. The van der Waals surface area contributed by atoms with Gasteiger partial charge in [0.15, 0.2) is 10.3 Å². The number of nitro benzene ring substituents is 1. The molecule has 1 N–H and O–H groups in total. The number of nitrogens with one attached hydrogen (secondary N) is 1. The molecule has 0 bridgehead atoms. The monoisotopic (exact) mass is 623 g/mol. The fraction of sp³-hybridized carbons (Fsp3) is 0.214. The Kier molecular flexibility index (Phi) is 7.64. The van der Waals surface area contributed by atoms with E-state index in [-0.39, 0.29) is 17.2 Å². The SMILES string of the molecule is CC(Sc1nc2sc3c(c2c(=O)n1-c1ccc(Cl)cc1)CCCC3)C(=O)Nc1nc(-c2cccc([N+](=O)[O-])c2)cs1. The molecule has 1 atom stereocenters. The van der Waals surface area contributed by atoms with Crippen LogP contribution in [-0.2, 0) is 17.6 Å². The summed E-state index contributed by atoms with van der Waals surface area (Å²) in [5.41, 5.74) is 2.66. The van der Waals surface area contributed by atoms with E-state index in [4.69, 9.17) is 16.6 Å². The minimum atomic E-state index is -0.613. The molecule has 208 valence electrons. The largest absolute Gasteiger partial charge is 0.301 e. The van der Waals surface area contributed by atoms with Gasteiger partial charge in [0.2, 0.25) is 5.91 Å². The lowest BCUT2D eigenvalue weighted by atomic mass is 9.97. The van der Waals surface area contributed by atoms with Gasteiger partial charge in [-0.3, -0.25) is 24.3 Å². The summed E-state index contributed by atoms with van der Waals surface area (Å²) in [5, 5.41) is 17.1. The zero-order valence-electron chi connectivity index (χ0n) is 21.6. The number of thioether (sulfide) groups is 1. The fourth-order valence-corrected chi connectivity index (χ4v) is 7.82. The van der Waals surface area contributed by atoms with Gasteiger partial charge in [-0.1, -0.05) is 35.5 Å². The number of nitrogens with zero attached hydrogens (tertiary/aromatic N) is 4. The van der Waals surface area contributed by atoms with Crippen molar-refractivity contribution in [3.8, 4) is 16.9 Å². The van der Waals surface area contributed by atoms with E-state index in [1.165, 1.54) is 40.1 Å². The van der Waals surface area contributed by atoms with Crippen molar-refractivity contribution in [2.75, 3.05) is 5.32 Å². The van der Waals surface area contributed by atoms with Crippen LogP contribution in [0.5, 0.6) is 0 Å². The van der Waals surface area contributed by atoms with E-state index in [9.17, 15) is 19.7 Å². The fourth-order valence-electron chi connectivity index (χ4n) is 4.74. The van der Waals surface area contributed by atoms with Crippen molar-refractivity contribution < 1.29 is 9.72 Å². The summed E-state index contributed by atoms with van der Waals surface area (Å²) < 4.78 is 1.57. The second-order valence-electron chi connectivity index (χ2n) is 9.50. The molecule has 1 unspecified atom stereocenters. The number of hydrogen-bond donors (Lipinski definition) is 1. The van der Waals surface area contributed by atoms with Crippen LogP contribution in [0.1, 0.15) is 30.2 Å². The number of rotatable bonds is 7. The minimum Gasteiger partial charge on any atom is -0.301 e. The number of fused-ring (bicyclic) bond motifs is 3. The number of carbonyl (C=O) groups is 1. The third-order valence-corrected chi connectivity index (χ3v) is 10.0. The van der Waals surface area contributed by atoms with Crippen molar-refractivity contribution in [3.05, 3.63) is 89.8 Å². The second kappa shape index (κ2) is 11.4. The van der Waals surface area contributed by atoms with E-state index in [1.54, 1.807) is 64.6 Å². The van der Waals surface area contributed by atoms with Crippen molar-refractivity contribution in [2.24, 2.45) is 0 Å². The molecule has 1 aliphatic rings. The maximum atomic E-state index is 13.9. The van der Waals surface area contributed by atoms with E-state index in [1.807, 2.05) is 0 Å². The molecule has 0 saturated heterocycles. The number of hydrogen-bond acceptors (Lipinski definition) is 9. The highest BCUT2D eigenvalue weighted by molar-refractivity contribution is 8.00. The standard InChI is InChI=1S/C28H22ClN5O4S3/c1-15(24(35)31-27-30-21(14-39-27)16-5-4-6-19(13-16)34(37)38)40-28-32-25-23(20-7-2-3-8-22(20)41-25)26(36)33(28)18-11-9-17(29)10-12-18/h4-6,9-15H,2-3,7-8H2,1H3,(H,30,31,35). The Labute approximate surface area is 251 Å². The molecule has 2 aromatic carbocycles. The molecule has 5 aromatic rings. The van der Waals surface area contributed by atoms with Crippen LogP contribution < -0.4 is 10.9 Å². The highest BCUT2D eigenvalue weighted by Crippen LogP contribution is 2.36. The van der Waals surface area contributed by atoms with E-state index in [2.05, 4.69) is 10.3 Å². The highest BCUT2D eigenvalue weighted by Gasteiger charge is 2.25. The van der Waals surface area contributed by atoms with Crippen LogP contribution in [0, 0.1) is 10.1 Å². The first-order valence-corrected chi connectivity index (χ1v) is 15.7. The van der Waals surface area contributed by atoms with Gasteiger partial charge in [-0.05, 0) is 62.4 Å². The molecule has 13 heteroatoms. The first kappa shape index (κ1) is 27.6. The van der Waals surface area contributed by atoms with Gasteiger partial charge in [0, 0.05) is 33.0 Å². The lowest BCUT2D eigenvalue weighted by molar-refractivity contribution is -0.384. The van der Waals surface area contributed by atoms with Crippen LogP contribution in [-0.4, -0.2) is 30.6 Å². The maximum absolute atomic E-state index is 13.9. The normalized spacial score (nSPS) is 13.6. The van der Waals surface area contributed by atoms with E-state index in [0.717, 1.165) is 31.2 Å². The molecule has 0 saturated carbocycles. The predicted octanol–water partition coefficient (Wildman–Crippen LogP) is 7.13. The van der Waals surface area contributed by atoms with Crippen molar-refractivity contribution in [1.82, 2.24) is 14.5 Å². The summed E-state index contributed by atoms with van der Waals surface area (Å²) in [5.74, 6) is -0.308. The van der Waals surface area contributed by atoms with Crippen molar-refractivity contribution >= 4 is 73.0 Å². The first-order valence-electron chi connectivity index (χ1n) is 12.8. The predicted molar refractivity (Wildman–Crippen MR) is 165 cm³/mol. The summed E-state index contributed by atoms with van der Waals surface area (Å²) in [6, 6.07) is 13.2. The van der Waals surface area contributed by atoms with Crippen LogP contribution >= 0.6 is 46.0 Å². The number of thiazole rings is 1. The number of nitro groups is 1. The Hall–Kier alpha value is -3.58. The average molecular weight is 624 g/mol. The summed E-state index contributed by atoms with van der Waals surface area (Å²) in [7, 11) is 0.